The fourth-order valence-corrected chi connectivity index (χ4v) is 1.23. The van der Waals surface area contributed by atoms with Crippen molar-refractivity contribution in [2.45, 2.75) is 33.7 Å². The maximum atomic E-state index is 5.49. The second-order valence-electron chi connectivity index (χ2n) is 4.18. The van der Waals surface area contributed by atoms with Crippen molar-refractivity contribution in [3.8, 4) is 5.75 Å². The van der Waals surface area contributed by atoms with Crippen LogP contribution >= 0.6 is 0 Å². The van der Waals surface area contributed by atoms with Gasteiger partial charge in [0.25, 0.3) is 0 Å². The zero-order valence-corrected chi connectivity index (χ0v) is 10.5. The molecule has 1 aromatic heterocycles. The summed E-state index contributed by atoms with van der Waals surface area (Å²) in [5, 5.41) is 4.12. The van der Waals surface area contributed by atoms with Gasteiger partial charge in [-0.15, -0.1) is 0 Å². The van der Waals surface area contributed by atoms with Gasteiger partial charge in [0.2, 0.25) is 0 Å². The van der Waals surface area contributed by atoms with E-state index in [0.717, 1.165) is 25.3 Å². The SMILES string of the molecule is CCn1cc(OCCOCCC(C)C)cn1. The van der Waals surface area contributed by atoms with Crippen LogP contribution in [-0.2, 0) is 11.3 Å². The van der Waals surface area contributed by atoms with Crippen LogP contribution < -0.4 is 4.74 Å². The summed E-state index contributed by atoms with van der Waals surface area (Å²) in [6, 6.07) is 0. The first-order chi connectivity index (χ1) is 7.72. The molecule has 0 N–H and O–H groups in total. The van der Waals surface area contributed by atoms with Crippen LogP contribution in [0, 0.1) is 5.92 Å². The molecular weight excluding hydrogens is 204 g/mol. The lowest BCUT2D eigenvalue weighted by molar-refractivity contribution is 0.0925. The minimum atomic E-state index is 0.591. The minimum absolute atomic E-state index is 0.591. The molecule has 0 bridgehead atoms. The molecule has 4 nitrogen and oxygen atoms in total. The predicted octanol–water partition coefficient (Wildman–Crippen LogP) is 2.34. The lowest BCUT2D eigenvalue weighted by Gasteiger charge is -2.06. The van der Waals surface area contributed by atoms with Gasteiger partial charge in [0.1, 0.15) is 6.61 Å². The first-order valence-electron chi connectivity index (χ1n) is 5.95. The van der Waals surface area contributed by atoms with Gasteiger partial charge in [0.05, 0.1) is 19.0 Å². The number of nitrogens with zero attached hydrogens (tertiary/aromatic N) is 2. The molecule has 0 unspecified atom stereocenters. The second kappa shape index (κ2) is 7.28. The van der Waals surface area contributed by atoms with E-state index in [1.807, 2.05) is 17.8 Å². The third-order valence-electron chi connectivity index (χ3n) is 2.27. The van der Waals surface area contributed by atoms with Gasteiger partial charge >= 0.3 is 0 Å². The number of aryl methyl sites for hydroxylation is 1. The Hall–Kier alpha value is -1.03. The molecule has 0 radical (unpaired) electrons. The summed E-state index contributed by atoms with van der Waals surface area (Å²) in [6.45, 7) is 9.35. The molecule has 92 valence electrons. The summed E-state index contributed by atoms with van der Waals surface area (Å²) >= 11 is 0. The van der Waals surface area contributed by atoms with E-state index in [0.29, 0.717) is 19.1 Å². The van der Waals surface area contributed by atoms with Crippen molar-refractivity contribution in [1.82, 2.24) is 9.78 Å². The zero-order valence-electron chi connectivity index (χ0n) is 10.5. The van der Waals surface area contributed by atoms with Gasteiger partial charge in [-0.2, -0.15) is 5.10 Å². The molecule has 0 saturated heterocycles. The Bertz CT molecular complexity index is 284. The fraction of sp³-hybridized carbons (Fsp3) is 0.750. The highest BCUT2D eigenvalue weighted by atomic mass is 16.5. The maximum Gasteiger partial charge on any atom is 0.157 e. The number of ether oxygens (including phenoxy) is 2. The lowest BCUT2D eigenvalue weighted by atomic mass is 10.1. The minimum Gasteiger partial charge on any atom is -0.488 e. The number of rotatable bonds is 8. The number of hydrogen-bond donors (Lipinski definition) is 0. The summed E-state index contributed by atoms with van der Waals surface area (Å²) in [4.78, 5) is 0. The third-order valence-corrected chi connectivity index (χ3v) is 2.27. The largest absolute Gasteiger partial charge is 0.488 e. The Kier molecular flexibility index (Phi) is 5.93. The third kappa shape index (κ3) is 5.16. The Morgan fingerprint density at radius 1 is 1.31 bits per heavy atom. The molecule has 4 heteroatoms. The molecule has 16 heavy (non-hydrogen) atoms. The van der Waals surface area contributed by atoms with E-state index in [9.17, 15) is 0 Å². The fourth-order valence-electron chi connectivity index (χ4n) is 1.23. The van der Waals surface area contributed by atoms with Crippen LogP contribution in [-0.4, -0.2) is 29.6 Å². The van der Waals surface area contributed by atoms with Gasteiger partial charge in [0.15, 0.2) is 5.75 Å². The van der Waals surface area contributed by atoms with Crippen LogP contribution in [0.1, 0.15) is 27.2 Å². The molecule has 0 aliphatic heterocycles. The van der Waals surface area contributed by atoms with Gasteiger partial charge in [-0.05, 0) is 19.3 Å². The van der Waals surface area contributed by atoms with E-state index in [4.69, 9.17) is 9.47 Å². The predicted molar refractivity (Wildman–Crippen MR) is 63.7 cm³/mol. The van der Waals surface area contributed by atoms with Crippen LogP contribution in [0.3, 0.4) is 0 Å². The second-order valence-corrected chi connectivity index (χ2v) is 4.18. The number of aromatic nitrogens is 2. The van der Waals surface area contributed by atoms with E-state index in [2.05, 4.69) is 18.9 Å². The van der Waals surface area contributed by atoms with Gasteiger partial charge in [-0.25, -0.2) is 0 Å². The zero-order chi connectivity index (χ0) is 11.8. The molecule has 1 heterocycles. The summed E-state index contributed by atoms with van der Waals surface area (Å²) in [5.41, 5.74) is 0. The summed E-state index contributed by atoms with van der Waals surface area (Å²) < 4.78 is 12.8. The molecule has 0 aromatic carbocycles. The standard InChI is InChI=1S/C12H22N2O2/c1-4-14-10-12(9-13-14)16-8-7-15-6-5-11(2)3/h9-11H,4-8H2,1-3H3. The molecule has 0 aliphatic rings. The highest BCUT2D eigenvalue weighted by molar-refractivity contribution is 5.11. The van der Waals surface area contributed by atoms with Crippen LogP contribution in [0.2, 0.25) is 0 Å². The van der Waals surface area contributed by atoms with E-state index in [1.165, 1.54) is 0 Å². The van der Waals surface area contributed by atoms with Crippen molar-refractivity contribution < 1.29 is 9.47 Å². The monoisotopic (exact) mass is 226 g/mol. The van der Waals surface area contributed by atoms with Crippen LogP contribution in [0.15, 0.2) is 12.4 Å². The summed E-state index contributed by atoms with van der Waals surface area (Å²) in [6.07, 6.45) is 4.74. The van der Waals surface area contributed by atoms with Crippen molar-refractivity contribution in [2.24, 2.45) is 5.92 Å². The van der Waals surface area contributed by atoms with Gasteiger partial charge in [-0.1, -0.05) is 13.8 Å². The molecule has 0 spiro atoms. The first kappa shape index (κ1) is 13.0. The average molecular weight is 226 g/mol. The van der Waals surface area contributed by atoms with E-state index in [-0.39, 0.29) is 0 Å². The van der Waals surface area contributed by atoms with Crippen molar-refractivity contribution in [3.05, 3.63) is 12.4 Å². The normalized spacial score (nSPS) is 11.0. The molecule has 0 amide bonds. The quantitative estimate of drug-likeness (QED) is 0.638. The van der Waals surface area contributed by atoms with Crippen molar-refractivity contribution in [1.29, 1.82) is 0 Å². The maximum absolute atomic E-state index is 5.49. The topological polar surface area (TPSA) is 36.3 Å². The Morgan fingerprint density at radius 3 is 2.75 bits per heavy atom. The van der Waals surface area contributed by atoms with Gasteiger partial charge in [-0.3, -0.25) is 4.68 Å². The van der Waals surface area contributed by atoms with Crippen LogP contribution in [0.4, 0.5) is 0 Å². The van der Waals surface area contributed by atoms with Crippen molar-refractivity contribution in [3.63, 3.8) is 0 Å². The van der Waals surface area contributed by atoms with E-state index < -0.39 is 0 Å². The van der Waals surface area contributed by atoms with Crippen molar-refractivity contribution >= 4 is 0 Å². The van der Waals surface area contributed by atoms with Crippen LogP contribution in [0.5, 0.6) is 5.75 Å². The molecule has 0 saturated carbocycles. The van der Waals surface area contributed by atoms with Gasteiger partial charge < -0.3 is 9.47 Å². The highest BCUT2D eigenvalue weighted by Gasteiger charge is 1.98. The highest BCUT2D eigenvalue weighted by Crippen LogP contribution is 2.07. The lowest BCUT2D eigenvalue weighted by Crippen LogP contribution is -2.08. The first-order valence-corrected chi connectivity index (χ1v) is 5.95. The molecule has 0 aliphatic carbocycles. The number of hydrogen-bond acceptors (Lipinski definition) is 3. The summed E-state index contributed by atoms with van der Waals surface area (Å²) in [7, 11) is 0. The molecule has 1 aromatic rings. The smallest absolute Gasteiger partial charge is 0.157 e. The molecular formula is C12H22N2O2. The summed E-state index contributed by atoms with van der Waals surface area (Å²) in [5.74, 6) is 1.51. The molecule has 0 fully saturated rings. The van der Waals surface area contributed by atoms with Crippen molar-refractivity contribution in [2.75, 3.05) is 19.8 Å². The molecule has 1 rings (SSSR count). The Labute approximate surface area is 97.6 Å². The van der Waals surface area contributed by atoms with Crippen LogP contribution in [0.25, 0.3) is 0 Å². The molecule has 0 atom stereocenters. The Morgan fingerprint density at radius 2 is 2.12 bits per heavy atom. The van der Waals surface area contributed by atoms with E-state index in [1.54, 1.807) is 6.20 Å². The Balaban J connectivity index is 2.02. The van der Waals surface area contributed by atoms with Gasteiger partial charge in [0, 0.05) is 13.2 Å². The average Bonchev–Trinajstić information content (AvgIpc) is 2.70. The van der Waals surface area contributed by atoms with E-state index >= 15 is 0 Å².